The van der Waals surface area contributed by atoms with E-state index in [9.17, 15) is 4.79 Å². The van der Waals surface area contributed by atoms with Crippen molar-refractivity contribution in [3.05, 3.63) is 0 Å². The van der Waals surface area contributed by atoms with E-state index in [1.54, 1.807) is 7.11 Å². The van der Waals surface area contributed by atoms with Crippen LogP contribution in [0.4, 0.5) is 4.79 Å². The van der Waals surface area contributed by atoms with Gasteiger partial charge in [0, 0.05) is 20.1 Å². The van der Waals surface area contributed by atoms with Crippen molar-refractivity contribution in [2.24, 2.45) is 5.73 Å². The first-order valence-electron chi connectivity index (χ1n) is 3.77. The molecule has 1 aliphatic carbocycles. The highest BCUT2D eigenvalue weighted by Crippen LogP contribution is 2.37. The van der Waals surface area contributed by atoms with E-state index in [1.165, 1.54) is 7.11 Å². The van der Waals surface area contributed by atoms with E-state index in [-0.39, 0.29) is 11.6 Å². The molecule has 1 rings (SSSR count). The Kier molecular flexibility index (Phi) is 2.54. The van der Waals surface area contributed by atoms with Crippen LogP contribution in [0.15, 0.2) is 0 Å². The van der Waals surface area contributed by atoms with Crippen molar-refractivity contribution in [1.29, 1.82) is 0 Å². The zero-order chi connectivity index (χ0) is 9.19. The highest BCUT2D eigenvalue weighted by Gasteiger charge is 2.55. The van der Waals surface area contributed by atoms with Gasteiger partial charge in [0.15, 0.2) is 0 Å². The lowest BCUT2D eigenvalue weighted by Crippen LogP contribution is -2.45. The molecule has 1 aliphatic rings. The van der Waals surface area contributed by atoms with Gasteiger partial charge in [-0.1, -0.05) is 0 Å². The van der Waals surface area contributed by atoms with Crippen LogP contribution in [0.3, 0.4) is 0 Å². The van der Waals surface area contributed by atoms with Gasteiger partial charge >= 0.3 is 6.09 Å². The molecule has 5 heteroatoms. The van der Waals surface area contributed by atoms with Gasteiger partial charge in [0.2, 0.25) is 0 Å². The molecule has 1 fully saturated rings. The third-order valence-electron chi connectivity index (χ3n) is 2.19. The highest BCUT2D eigenvalue weighted by molar-refractivity contribution is 5.69. The maximum atomic E-state index is 10.8. The largest absolute Gasteiger partial charge is 0.453 e. The summed E-state index contributed by atoms with van der Waals surface area (Å²) in [6.07, 6.45) is 0.330. The zero-order valence-corrected chi connectivity index (χ0v) is 7.29. The number of hydrogen-bond donors (Lipinski definition) is 2. The van der Waals surface area contributed by atoms with Gasteiger partial charge in [0.1, 0.15) is 0 Å². The van der Waals surface area contributed by atoms with Gasteiger partial charge in [-0.3, -0.25) is 0 Å². The molecule has 0 saturated heterocycles. The number of ether oxygens (including phenoxy) is 2. The van der Waals surface area contributed by atoms with Crippen molar-refractivity contribution in [1.82, 2.24) is 5.32 Å². The van der Waals surface area contributed by atoms with Crippen LogP contribution in [0.25, 0.3) is 0 Å². The minimum Gasteiger partial charge on any atom is -0.453 e. The molecule has 0 aromatic heterocycles. The summed E-state index contributed by atoms with van der Waals surface area (Å²) in [5.74, 6) is 0. The quantitative estimate of drug-likeness (QED) is 0.602. The lowest BCUT2D eigenvalue weighted by Gasteiger charge is -2.14. The Morgan fingerprint density at radius 3 is 2.75 bits per heavy atom. The minimum absolute atomic E-state index is 0.0293. The average Bonchev–Trinajstić information content (AvgIpc) is 2.79. The maximum Gasteiger partial charge on any atom is 0.407 e. The summed E-state index contributed by atoms with van der Waals surface area (Å²) in [6.45, 7) is 0.376. The minimum atomic E-state index is -0.458. The normalized spacial score (nSPS) is 32.8. The van der Waals surface area contributed by atoms with Crippen molar-refractivity contribution in [3.63, 3.8) is 0 Å². The van der Waals surface area contributed by atoms with E-state index in [1.807, 2.05) is 0 Å². The van der Waals surface area contributed by atoms with Gasteiger partial charge in [-0.25, -0.2) is 4.79 Å². The summed E-state index contributed by atoms with van der Waals surface area (Å²) in [6, 6.07) is 0. The van der Waals surface area contributed by atoms with Gasteiger partial charge in [-0.2, -0.15) is 0 Å². The standard InChI is InChI=1S/C7H14N2O3/c1-11-5-3-7(5,4-8)9-6(10)12-2/h5H,3-4,8H2,1-2H3,(H,9,10)/t5?,7-/m0/s1. The molecule has 1 amide bonds. The second-order valence-electron chi connectivity index (χ2n) is 2.91. The Balaban J connectivity index is 2.43. The molecule has 0 heterocycles. The van der Waals surface area contributed by atoms with Gasteiger partial charge < -0.3 is 20.5 Å². The molecule has 2 atom stereocenters. The van der Waals surface area contributed by atoms with Crippen LogP contribution < -0.4 is 11.1 Å². The molecule has 0 aromatic carbocycles. The van der Waals surface area contributed by atoms with Crippen LogP contribution in [-0.4, -0.2) is 38.5 Å². The number of nitrogens with two attached hydrogens (primary N) is 1. The fourth-order valence-electron chi connectivity index (χ4n) is 1.23. The molecule has 0 spiro atoms. The summed E-state index contributed by atoms with van der Waals surface area (Å²) in [4.78, 5) is 10.8. The average molecular weight is 174 g/mol. The predicted octanol–water partition coefficient (Wildman–Crippen LogP) is -0.541. The van der Waals surface area contributed by atoms with Crippen LogP contribution in [0.5, 0.6) is 0 Å². The monoisotopic (exact) mass is 174 g/mol. The lowest BCUT2D eigenvalue weighted by atomic mass is 10.3. The Morgan fingerprint density at radius 1 is 1.75 bits per heavy atom. The molecular weight excluding hydrogens is 160 g/mol. The lowest BCUT2D eigenvalue weighted by molar-refractivity contribution is 0.138. The third-order valence-corrected chi connectivity index (χ3v) is 2.19. The number of amides is 1. The first kappa shape index (κ1) is 9.28. The van der Waals surface area contributed by atoms with Crippen LogP contribution in [-0.2, 0) is 9.47 Å². The van der Waals surface area contributed by atoms with E-state index in [4.69, 9.17) is 10.5 Å². The second kappa shape index (κ2) is 3.28. The first-order chi connectivity index (χ1) is 5.68. The van der Waals surface area contributed by atoms with E-state index < -0.39 is 6.09 Å². The van der Waals surface area contributed by atoms with E-state index in [2.05, 4.69) is 10.1 Å². The van der Waals surface area contributed by atoms with E-state index in [0.717, 1.165) is 6.42 Å². The van der Waals surface area contributed by atoms with Crippen LogP contribution >= 0.6 is 0 Å². The van der Waals surface area contributed by atoms with Crippen LogP contribution in [0.1, 0.15) is 6.42 Å². The fraction of sp³-hybridized carbons (Fsp3) is 0.857. The molecule has 0 bridgehead atoms. The Morgan fingerprint density at radius 2 is 2.42 bits per heavy atom. The number of carbonyl (C=O) groups excluding carboxylic acids is 1. The van der Waals surface area contributed by atoms with Crippen molar-refractivity contribution in [2.75, 3.05) is 20.8 Å². The summed E-state index contributed by atoms with van der Waals surface area (Å²) < 4.78 is 9.52. The molecular formula is C7H14N2O3. The van der Waals surface area contributed by atoms with Crippen LogP contribution in [0.2, 0.25) is 0 Å². The maximum absolute atomic E-state index is 10.8. The molecule has 1 unspecified atom stereocenters. The van der Waals surface area contributed by atoms with Crippen molar-refractivity contribution in [3.8, 4) is 0 Å². The molecule has 0 radical (unpaired) electrons. The summed E-state index contributed by atoms with van der Waals surface area (Å²) >= 11 is 0. The number of nitrogens with one attached hydrogen (secondary N) is 1. The molecule has 5 nitrogen and oxygen atoms in total. The van der Waals surface area contributed by atoms with E-state index >= 15 is 0 Å². The smallest absolute Gasteiger partial charge is 0.407 e. The highest BCUT2D eigenvalue weighted by atomic mass is 16.5. The molecule has 0 aliphatic heterocycles. The topological polar surface area (TPSA) is 73.6 Å². The second-order valence-corrected chi connectivity index (χ2v) is 2.91. The third kappa shape index (κ3) is 1.51. The van der Waals surface area contributed by atoms with Gasteiger partial charge in [-0.05, 0) is 0 Å². The van der Waals surface area contributed by atoms with Crippen molar-refractivity contribution in [2.45, 2.75) is 18.1 Å². The van der Waals surface area contributed by atoms with Crippen LogP contribution in [0, 0.1) is 0 Å². The zero-order valence-electron chi connectivity index (χ0n) is 7.29. The predicted molar refractivity (Wildman–Crippen MR) is 42.7 cm³/mol. The number of carbonyl (C=O) groups is 1. The van der Waals surface area contributed by atoms with Crippen molar-refractivity contribution >= 4 is 6.09 Å². The number of methoxy groups -OCH3 is 2. The van der Waals surface area contributed by atoms with Gasteiger partial charge in [-0.15, -0.1) is 0 Å². The SMILES string of the molecule is COC(=O)N[C@]1(CN)CC1OC. The molecule has 1 saturated carbocycles. The molecule has 0 aromatic rings. The molecule has 3 N–H and O–H groups in total. The summed E-state index contributed by atoms with van der Waals surface area (Å²) in [5.41, 5.74) is 5.10. The number of hydrogen-bond acceptors (Lipinski definition) is 4. The molecule has 70 valence electrons. The number of rotatable bonds is 3. The fourth-order valence-corrected chi connectivity index (χ4v) is 1.23. The van der Waals surface area contributed by atoms with Gasteiger partial charge in [0.25, 0.3) is 0 Å². The Bertz CT molecular complexity index is 185. The number of alkyl carbamates (subject to hydrolysis) is 1. The first-order valence-corrected chi connectivity index (χ1v) is 3.77. The Hall–Kier alpha value is -0.810. The van der Waals surface area contributed by atoms with E-state index in [0.29, 0.717) is 6.54 Å². The van der Waals surface area contributed by atoms with Gasteiger partial charge in [0.05, 0.1) is 18.8 Å². The molecule has 12 heavy (non-hydrogen) atoms. The summed E-state index contributed by atoms with van der Waals surface area (Å²) in [7, 11) is 2.92. The Labute approximate surface area is 71.2 Å². The van der Waals surface area contributed by atoms with Crippen molar-refractivity contribution < 1.29 is 14.3 Å². The summed E-state index contributed by atoms with van der Waals surface area (Å²) in [5, 5.41) is 2.66.